The summed E-state index contributed by atoms with van der Waals surface area (Å²) in [6.07, 6.45) is 0. The van der Waals surface area contributed by atoms with Crippen molar-refractivity contribution in [2.24, 2.45) is 0 Å². The van der Waals surface area contributed by atoms with E-state index in [1.807, 2.05) is 6.07 Å². The molecule has 0 saturated heterocycles. The number of ether oxygens (including phenoxy) is 1. The maximum Gasteiger partial charge on any atom is 0.178 e. The fourth-order valence-corrected chi connectivity index (χ4v) is 9.26. The molecule has 292 valence electrons. The van der Waals surface area contributed by atoms with Crippen LogP contribution in [0.15, 0.2) is 237 Å². The van der Waals surface area contributed by atoms with Crippen molar-refractivity contribution in [3.05, 3.63) is 237 Å². The summed E-state index contributed by atoms with van der Waals surface area (Å²) in [5.41, 5.74) is 12.2. The third kappa shape index (κ3) is 5.92. The number of para-hydroxylation sites is 4. The molecule has 1 aromatic heterocycles. The van der Waals surface area contributed by atoms with Gasteiger partial charge in [-0.05, 0) is 123 Å². The van der Waals surface area contributed by atoms with E-state index in [-0.39, 0.29) is 0 Å². The molecular weight excluding hydrogens is 755 g/mol. The molecule has 0 spiro atoms. The molecular formula is C58H39N3O. The molecule has 0 aliphatic carbocycles. The summed E-state index contributed by atoms with van der Waals surface area (Å²) >= 11 is 0. The Morgan fingerprint density at radius 2 is 0.935 bits per heavy atom. The van der Waals surface area contributed by atoms with Gasteiger partial charge in [-0.3, -0.25) is 9.47 Å². The van der Waals surface area contributed by atoms with Crippen LogP contribution in [0.1, 0.15) is 0 Å². The van der Waals surface area contributed by atoms with Crippen molar-refractivity contribution in [3.63, 3.8) is 0 Å². The number of fused-ring (bicyclic) bond motifs is 7. The molecule has 0 atom stereocenters. The van der Waals surface area contributed by atoms with Crippen molar-refractivity contribution in [1.29, 1.82) is 0 Å². The van der Waals surface area contributed by atoms with Crippen molar-refractivity contribution in [2.45, 2.75) is 0 Å². The predicted octanol–water partition coefficient (Wildman–Crippen LogP) is 16.3. The molecule has 0 fully saturated rings. The average molecular weight is 794 g/mol. The number of hydrogen-bond acceptors (Lipinski definition) is 3. The van der Waals surface area contributed by atoms with Crippen LogP contribution in [-0.4, -0.2) is 4.57 Å². The monoisotopic (exact) mass is 793 g/mol. The molecule has 1 aliphatic rings. The van der Waals surface area contributed by atoms with Gasteiger partial charge in [-0.2, -0.15) is 0 Å². The largest absolute Gasteiger partial charge is 0.451 e. The minimum absolute atomic E-state index is 0.818. The van der Waals surface area contributed by atoms with Crippen LogP contribution in [-0.2, 0) is 0 Å². The quantitative estimate of drug-likeness (QED) is 0.150. The van der Waals surface area contributed by atoms with Crippen LogP contribution < -0.4 is 14.5 Å². The first-order valence-electron chi connectivity index (χ1n) is 21.1. The minimum atomic E-state index is 0.818. The van der Waals surface area contributed by atoms with Crippen LogP contribution in [0, 0.1) is 0 Å². The number of rotatable bonds is 7. The summed E-state index contributed by atoms with van der Waals surface area (Å²) < 4.78 is 9.12. The molecule has 0 radical (unpaired) electrons. The van der Waals surface area contributed by atoms with E-state index in [1.54, 1.807) is 0 Å². The molecule has 12 rings (SSSR count). The van der Waals surface area contributed by atoms with Crippen molar-refractivity contribution >= 4 is 66.7 Å². The van der Waals surface area contributed by atoms with E-state index in [1.165, 1.54) is 43.8 Å². The SMILES string of the molecule is c1ccc(-c2cccc(-c3ccc(N(c4ccc(N5c6ccccc6Oc6c5n(-c5ccccc5)c5ccccc65)cc4)c4cc5ccccc5c5ccccc45)cc3)c2)cc1. The first-order chi connectivity index (χ1) is 30.8. The van der Waals surface area contributed by atoms with Gasteiger partial charge in [-0.15, -0.1) is 0 Å². The molecule has 0 N–H and O–H groups in total. The number of nitrogens with zero attached hydrogens (tertiary/aromatic N) is 3. The zero-order chi connectivity index (χ0) is 41.0. The zero-order valence-corrected chi connectivity index (χ0v) is 33.8. The third-order valence-corrected chi connectivity index (χ3v) is 12.1. The summed E-state index contributed by atoms with van der Waals surface area (Å²) in [7, 11) is 0. The molecule has 0 saturated carbocycles. The number of benzene rings is 10. The van der Waals surface area contributed by atoms with E-state index in [9.17, 15) is 0 Å². The Kier molecular flexibility index (Phi) is 8.46. The van der Waals surface area contributed by atoms with Gasteiger partial charge in [0.15, 0.2) is 17.3 Å². The Bertz CT molecular complexity index is 3430. The second-order valence-corrected chi connectivity index (χ2v) is 15.8. The van der Waals surface area contributed by atoms with E-state index in [2.05, 4.69) is 245 Å². The fourth-order valence-electron chi connectivity index (χ4n) is 9.26. The van der Waals surface area contributed by atoms with Crippen molar-refractivity contribution in [3.8, 4) is 39.4 Å². The van der Waals surface area contributed by atoms with Crippen molar-refractivity contribution in [1.82, 2.24) is 4.57 Å². The van der Waals surface area contributed by atoms with E-state index in [0.29, 0.717) is 0 Å². The maximum atomic E-state index is 6.80. The van der Waals surface area contributed by atoms with Gasteiger partial charge in [-0.1, -0.05) is 152 Å². The molecule has 4 heteroatoms. The molecule has 2 heterocycles. The number of hydrogen-bond donors (Lipinski definition) is 0. The van der Waals surface area contributed by atoms with E-state index in [4.69, 9.17) is 4.74 Å². The van der Waals surface area contributed by atoms with E-state index in [0.717, 1.165) is 62.3 Å². The average Bonchev–Trinajstić information content (AvgIpc) is 3.68. The molecule has 1 aliphatic heterocycles. The van der Waals surface area contributed by atoms with Gasteiger partial charge in [0.25, 0.3) is 0 Å². The summed E-state index contributed by atoms with van der Waals surface area (Å²) in [5.74, 6) is 2.62. The van der Waals surface area contributed by atoms with Gasteiger partial charge < -0.3 is 9.64 Å². The zero-order valence-electron chi connectivity index (χ0n) is 33.8. The number of anilines is 6. The van der Waals surface area contributed by atoms with Crippen LogP contribution in [0.5, 0.6) is 11.5 Å². The maximum absolute atomic E-state index is 6.80. The molecule has 0 bridgehead atoms. The van der Waals surface area contributed by atoms with Crippen LogP contribution in [0.4, 0.5) is 34.3 Å². The van der Waals surface area contributed by atoms with Gasteiger partial charge in [0.1, 0.15) is 0 Å². The highest BCUT2D eigenvalue weighted by molar-refractivity contribution is 6.14. The molecule has 0 unspecified atom stereocenters. The van der Waals surface area contributed by atoms with E-state index >= 15 is 0 Å². The Morgan fingerprint density at radius 1 is 0.371 bits per heavy atom. The molecule has 4 nitrogen and oxygen atoms in total. The number of aromatic nitrogens is 1. The van der Waals surface area contributed by atoms with Crippen LogP contribution in [0.2, 0.25) is 0 Å². The second-order valence-electron chi connectivity index (χ2n) is 15.8. The lowest BCUT2D eigenvalue weighted by molar-refractivity contribution is 0.481. The summed E-state index contributed by atoms with van der Waals surface area (Å²) in [6, 6.07) is 84.6. The molecule has 62 heavy (non-hydrogen) atoms. The Balaban J connectivity index is 1.02. The van der Waals surface area contributed by atoms with Gasteiger partial charge in [0, 0.05) is 33.5 Å². The molecule has 10 aromatic carbocycles. The lowest BCUT2D eigenvalue weighted by Gasteiger charge is -2.33. The third-order valence-electron chi connectivity index (χ3n) is 12.1. The second kappa shape index (κ2) is 14.7. The minimum Gasteiger partial charge on any atom is -0.451 e. The highest BCUT2D eigenvalue weighted by Gasteiger charge is 2.33. The Labute approximate surface area is 360 Å². The first kappa shape index (κ1) is 35.6. The molecule has 0 amide bonds. The highest BCUT2D eigenvalue weighted by Crippen LogP contribution is 2.55. The Morgan fingerprint density at radius 3 is 1.69 bits per heavy atom. The van der Waals surface area contributed by atoms with E-state index < -0.39 is 0 Å². The summed E-state index contributed by atoms with van der Waals surface area (Å²) in [4.78, 5) is 4.75. The fraction of sp³-hybridized carbons (Fsp3) is 0. The van der Waals surface area contributed by atoms with Crippen LogP contribution in [0.25, 0.3) is 60.4 Å². The highest BCUT2D eigenvalue weighted by atomic mass is 16.5. The van der Waals surface area contributed by atoms with Gasteiger partial charge >= 0.3 is 0 Å². The standard InChI is InChI=1S/C58H39N3O/c1-3-16-40(17-4-1)42-19-15-20-43(38-42)41-30-32-46(33-31-41)59(55-39-44-18-7-8-23-49(44)50-24-9-10-25-51(50)55)47-34-36-48(37-35-47)61-54-28-13-14-29-56(54)62-57-52-26-11-12-27-53(52)60(58(57)61)45-21-5-2-6-22-45/h1-39H. The lowest BCUT2D eigenvalue weighted by Crippen LogP contribution is -2.18. The van der Waals surface area contributed by atoms with Gasteiger partial charge in [-0.25, -0.2) is 0 Å². The lowest BCUT2D eigenvalue weighted by atomic mass is 9.98. The summed E-state index contributed by atoms with van der Waals surface area (Å²) in [6.45, 7) is 0. The Hall–Kier alpha value is -8.34. The van der Waals surface area contributed by atoms with Gasteiger partial charge in [0.05, 0.1) is 16.9 Å². The van der Waals surface area contributed by atoms with Gasteiger partial charge in [0.2, 0.25) is 0 Å². The summed E-state index contributed by atoms with van der Waals surface area (Å²) in [5, 5.41) is 5.92. The van der Waals surface area contributed by atoms with Crippen LogP contribution >= 0.6 is 0 Å². The van der Waals surface area contributed by atoms with Crippen molar-refractivity contribution in [2.75, 3.05) is 9.80 Å². The topological polar surface area (TPSA) is 20.6 Å². The molecule has 11 aromatic rings. The van der Waals surface area contributed by atoms with Crippen molar-refractivity contribution < 1.29 is 4.74 Å². The predicted molar refractivity (Wildman–Crippen MR) is 259 cm³/mol. The van der Waals surface area contributed by atoms with Crippen LogP contribution in [0.3, 0.4) is 0 Å². The normalized spacial score (nSPS) is 12.0. The first-order valence-corrected chi connectivity index (χ1v) is 21.1. The smallest absolute Gasteiger partial charge is 0.178 e.